The lowest BCUT2D eigenvalue weighted by Crippen LogP contribution is -2.38. The van der Waals surface area contributed by atoms with Crippen LogP contribution in [-0.4, -0.2) is 26.2 Å². The highest BCUT2D eigenvalue weighted by molar-refractivity contribution is 5.16. The summed E-state index contributed by atoms with van der Waals surface area (Å²) in [6, 6.07) is 10.3. The summed E-state index contributed by atoms with van der Waals surface area (Å²) in [6.07, 6.45) is 1.51. The Hall–Kier alpha value is -1.79. The van der Waals surface area contributed by atoms with Crippen molar-refractivity contribution >= 4 is 0 Å². The van der Waals surface area contributed by atoms with Crippen LogP contribution in [-0.2, 0) is 19.9 Å². The van der Waals surface area contributed by atoms with Gasteiger partial charge in [-0.2, -0.15) is 4.80 Å². The molecule has 1 unspecified atom stereocenters. The summed E-state index contributed by atoms with van der Waals surface area (Å²) in [5.41, 5.74) is 4.03. The van der Waals surface area contributed by atoms with Crippen molar-refractivity contribution < 1.29 is 0 Å². The number of hydrogen-bond acceptors (Lipinski definition) is 5. The summed E-state index contributed by atoms with van der Waals surface area (Å²) in [6.45, 7) is 0. The van der Waals surface area contributed by atoms with Crippen LogP contribution >= 0.6 is 0 Å². The second-order valence-electron chi connectivity index (χ2n) is 3.95. The van der Waals surface area contributed by atoms with Gasteiger partial charge >= 0.3 is 0 Å². The minimum absolute atomic E-state index is 0.113. The molecule has 0 aliphatic heterocycles. The fourth-order valence-corrected chi connectivity index (χ4v) is 1.71. The Morgan fingerprint density at radius 3 is 2.65 bits per heavy atom. The highest BCUT2D eigenvalue weighted by Crippen LogP contribution is 2.05. The maximum atomic E-state index is 5.54. The molecule has 2 aromatic rings. The van der Waals surface area contributed by atoms with Gasteiger partial charge in [0, 0.05) is 12.5 Å². The highest BCUT2D eigenvalue weighted by atomic mass is 15.6. The number of rotatable bonds is 5. The maximum absolute atomic E-state index is 5.54. The van der Waals surface area contributed by atoms with Gasteiger partial charge in [0.1, 0.15) is 0 Å². The van der Waals surface area contributed by atoms with Gasteiger partial charge in [-0.15, -0.1) is 10.2 Å². The maximum Gasteiger partial charge on any atom is 0.176 e. The summed E-state index contributed by atoms with van der Waals surface area (Å²) >= 11 is 0. The van der Waals surface area contributed by atoms with E-state index in [1.807, 2.05) is 18.2 Å². The van der Waals surface area contributed by atoms with E-state index in [0.717, 1.165) is 6.42 Å². The first kappa shape index (κ1) is 11.7. The zero-order valence-corrected chi connectivity index (χ0v) is 9.74. The second-order valence-corrected chi connectivity index (χ2v) is 3.95. The predicted molar refractivity (Wildman–Crippen MR) is 63.8 cm³/mol. The van der Waals surface area contributed by atoms with Gasteiger partial charge in [0.15, 0.2) is 5.82 Å². The molecular weight excluding hydrogens is 216 g/mol. The van der Waals surface area contributed by atoms with E-state index in [4.69, 9.17) is 5.84 Å². The van der Waals surface area contributed by atoms with Gasteiger partial charge in [-0.3, -0.25) is 11.3 Å². The minimum Gasteiger partial charge on any atom is -0.271 e. The fraction of sp³-hybridized carbons (Fsp3) is 0.364. The molecule has 17 heavy (non-hydrogen) atoms. The quantitative estimate of drug-likeness (QED) is 0.552. The van der Waals surface area contributed by atoms with Crippen LogP contribution in [0.2, 0.25) is 0 Å². The summed E-state index contributed by atoms with van der Waals surface area (Å²) in [5, 5.41) is 11.9. The van der Waals surface area contributed by atoms with Crippen LogP contribution < -0.4 is 11.3 Å². The average molecular weight is 232 g/mol. The molecule has 2 rings (SSSR count). The number of aryl methyl sites for hydroxylation is 1. The van der Waals surface area contributed by atoms with Crippen molar-refractivity contribution in [3.63, 3.8) is 0 Å². The van der Waals surface area contributed by atoms with E-state index in [0.29, 0.717) is 12.2 Å². The largest absolute Gasteiger partial charge is 0.271 e. The predicted octanol–water partition coefficient (Wildman–Crippen LogP) is -0.173. The third kappa shape index (κ3) is 3.33. The molecule has 3 N–H and O–H groups in total. The molecule has 0 amide bonds. The smallest absolute Gasteiger partial charge is 0.176 e. The molecule has 0 bridgehead atoms. The second kappa shape index (κ2) is 5.51. The molecule has 6 heteroatoms. The summed E-state index contributed by atoms with van der Waals surface area (Å²) in [5.74, 6) is 6.24. The van der Waals surface area contributed by atoms with Gasteiger partial charge in [0.2, 0.25) is 0 Å². The van der Waals surface area contributed by atoms with Crippen molar-refractivity contribution in [1.29, 1.82) is 0 Å². The van der Waals surface area contributed by atoms with E-state index in [1.165, 1.54) is 10.4 Å². The van der Waals surface area contributed by atoms with Crippen LogP contribution in [0.25, 0.3) is 0 Å². The first-order valence-electron chi connectivity index (χ1n) is 5.51. The van der Waals surface area contributed by atoms with Crippen molar-refractivity contribution in [2.45, 2.75) is 18.9 Å². The Labute approximate surface area is 99.8 Å². The van der Waals surface area contributed by atoms with E-state index < -0.39 is 0 Å². The molecule has 1 aromatic carbocycles. The zero-order valence-electron chi connectivity index (χ0n) is 9.74. The van der Waals surface area contributed by atoms with E-state index in [9.17, 15) is 0 Å². The third-order valence-electron chi connectivity index (χ3n) is 2.54. The van der Waals surface area contributed by atoms with Crippen molar-refractivity contribution in [3.05, 3.63) is 41.7 Å². The van der Waals surface area contributed by atoms with Crippen LogP contribution in [0.1, 0.15) is 11.4 Å². The fourth-order valence-electron chi connectivity index (χ4n) is 1.71. The number of nitrogens with one attached hydrogen (secondary N) is 1. The van der Waals surface area contributed by atoms with Crippen molar-refractivity contribution in [2.75, 3.05) is 0 Å². The standard InChI is InChI=1S/C11H16N6/c1-17-15-11(14-16-17)8-10(13-12)7-9-5-3-2-4-6-9/h2-6,10,13H,7-8,12H2,1H3. The number of aromatic nitrogens is 4. The Morgan fingerprint density at radius 2 is 2.06 bits per heavy atom. The number of hydrogen-bond donors (Lipinski definition) is 2. The number of benzene rings is 1. The van der Waals surface area contributed by atoms with Gasteiger partial charge in [-0.1, -0.05) is 30.3 Å². The first-order valence-corrected chi connectivity index (χ1v) is 5.51. The molecule has 1 atom stereocenters. The molecular formula is C11H16N6. The lowest BCUT2D eigenvalue weighted by Gasteiger charge is -2.13. The molecule has 6 nitrogen and oxygen atoms in total. The SMILES string of the molecule is Cn1nnc(CC(Cc2ccccc2)NN)n1. The minimum atomic E-state index is 0.113. The molecule has 0 fully saturated rings. The number of tetrazole rings is 1. The Balaban J connectivity index is 1.98. The summed E-state index contributed by atoms with van der Waals surface area (Å²) in [7, 11) is 1.75. The first-order chi connectivity index (χ1) is 8.28. The van der Waals surface area contributed by atoms with Crippen LogP contribution in [0, 0.1) is 0 Å². The molecule has 0 aliphatic rings. The van der Waals surface area contributed by atoms with Gasteiger partial charge in [-0.25, -0.2) is 0 Å². The van der Waals surface area contributed by atoms with Gasteiger partial charge in [0.05, 0.1) is 7.05 Å². The summed E-state index contributed by atoms with van der Waals surface area (Å²) in [4.78, 5) is 1.45. The van der Waals surface area contributed by atoms with Crippen LogP contribution in [0.3, 0.4) is 0 Å². The highest BCUT2D eigenvalue weighted by Gasteiger charge is 2.12. The average Bonchev–Trinajstić information content (AvgIpc) is 2.75. The molecule has 0 saturated carbocycles. The normalized spacial score (nSPS) is 12.6. The Morgan fingerprint density at radius 1 is 1.29 bits per heavy atom. The van der Waals surface area contributed by atoms with Gasteiger partial charge < -0.3 is 0 Å². The van der Waals surface area contributed by atoms with Crippen molar-refractivity contribution in [3.8, 4) is 0 Å². The molecule has 0 saturated heterocycles. The molecule has 1 aromatic heterocycles. The summed E-state index contributed by atoms with van der Waals surface area (Å²) < 4.78 is 0. The topological polar surface area (TPSA) is 81.7 Å². The molecule has 0 radical (unpaired) electrons. The van der Waals surface area contributed by atoms with Gasteiger partial charge in [-0.05, 0) is 17.2 Å². The molecule has 0 aliphatic carbocycles. The lowest BCUT2D eigenvalue weighted by molar-refractivity contribution is 0.510. The van der Waals surface area contributed by atoms with E-state index in [1.54, 1.807) is 7.05 Å². The zero-order chi connectivity index (χ0) is 12.1. The number of hydrazine groups is 1. The molecule has 90 valence electrons. The van der Waals surface area contributed by atoms with E-state index in [-0.39, 0.29) is 6.04 Å². The monoisotopic (exact) mass is 232 g/mol. The molecule has 0 spiro atoms. The third-order valence-corrected chi connectivity index (χ3v) is 2.54. The van der Waals surface area contributed by atoms with E-state index >= 15 is 0 Å². The lowest BCUT2D eigenvalue weighted by atomic mass is 10.0. The number of nitrogens with zero attached hydrogens (tertiary/aromatic N) is 4. The Kier molecular flexibility index (Phi) is 3.79. The number of nitrogens with two attached hydrogens (primary N) is 1. The van der Waals surface area contributed by atoms with Gasteiger partial charge in [0.25, 0.3) is 0 Å². The molecule has 1 heterocycles. The van der Waals surface area contributed by atoms with Crippen LogP contribution in [0.4, 0.5) is 0 Å². The van der Waals surface area contributed by atoms with Crippen LogP contribution in [0.5, 0.6) is 0 Å². The Bertz CT molecular complexity index is 452. The van der Waals surface area contributed by atoms with Crippen molar-refractivity contribution in [1.82, 2.24) is 25.6 Å². The van der Waals surface area contributed by atoms with E-state index in [2.05, 4.69) is 33.0 Å². The van der Waals surface area contributed by atoms with Crippen LogP contribution in [0.15, 0.2) is 30.3 Å². The van der Waals surface area contributed by atoms with Crippen molar-refractivity contribution in [2.24, 2.45) is 12.9 Å².